The molecule has 0 aromatic carbocycles. The van der Waals surface area contributed by atoms with Gasteiger partial charge in [0.15, 0.2) is 0 Å². The van der Waals surface area contributed by atoms with Crippen LogP contribution >= 0.6 is 0 Å². The van der Waals surface area contributed by atoms with Gasteiger partial charge in [-0.25, -0.2) is 0 Å². The van der Waals surface area contributed by atoms with E-state index in [9.17, 15) is 0 Å². The molecule has 32 heavy (non-hydrogen) atoms. The van der Waals surface area contributed by atoms with Gasteiger partial charge in [0.2, 0.25) is 0 Å². The maximum atomic E-state index is 6.42. The Kier molecular flexibility index (Phi) is 5.58. The Morgan fingerprint density at radius 2 is 1.94 bits per heavy atom. The number of nitrogens with one attached hydrogen (secondary N) is 1. The number of nitrogens with zero attached hydrogens (tertiary/aromatic N) is 3. The first-order valence-electron chi connectivity index (χ1n) is 13.1. The van der Waals surface area contributed by atoms with Crippen LogP contribution in [-0.2, 0) is 10.2 Å². The van der Waals surface area contributed by atoms with E-state index in [0.29, 0.717) is 12.1 Å². The Morgan fingerprint density at radius 3 is 2.75 bits per heavy atom. The number of aromatic nitrogens is 3. The summed E-state index contributed by atoms with van der Waals surface area (Å²) in [6, 6.07) is 9.74. The summed E-state index contributed by atoms with van der Waals surface area (Å²) in [5.41, 5.74) is 2.89. The van der Waals surface area contributed by atoms with Crippen LogP contribution in [0.3, 0.4) is 0 Å². The summed E-state index contributed by atoms with van der Waals surface area (Å²) in [4.78, 5) is 4.87. The molecule has 2 aliphatic carbocycles. The second kappa shape index (κ2) is 8.57. The molecular weight excluding hydrogens is 396 g/mol. The minimum atomic E-state index is 0.0925. The van der Waals surface area contributed by atoms with E-state index >= 15 is 0 Å². The first-order chi connectivity index (χ1) is 15.8. The van der Waals surface area contributed by atoms with Crippen molar-refractivity contribution in [1.29, 1.82) is 0 Å². The average Bonchev–Trinajstić information content (AvgIpc) is 3.30. The van der Waals surface area contributed by atoms with Crippen LogP contribution in [0.25, 0.3) is 0 Å². The van der Waals surface area contributed by atoms with Crippen molar-refractivity contribution in [3.8, 4) is 0 Å². The standard InChI is InChI=1S/C27H38N4O/c1-4-15-29-25(5-1)26(14-18-32-27(20-26)11-2-3-12-27)13-17-28-23-9-8-22(19-21-6-7-21)31-24(23)10-16-30-31/h1,4-5,10,15-16,21-23,28H,2-3,6-9,11-14,17-20H2/t22?,23?,26-/m1/s1. The van der Waals surface area contributed by atoms with Crippen molar-refractivity contribution < 1.29 is 4.74 Å². The van der Waals surface area contributed by atoms with E-state index in [1.54, 1.807) is 0 Å². The lowest BCUT2D eigenvalue weighted by atomic mass is 9.68. The minimum absolute atomic E-state index is 0.0925. The van der Waals surface area contributed by atoms with Gasteiger partial charge in [-0.3, -0.25) is 9.67 Å². The lowest BCUT2D eigenvalue weighted by molar-refractivity contribution is -0.104. The number of ether oxygens (including phenoxy) is 1. The minimum Gasteiger partial charge on any atom is -0.375 e. The van der Waals surface area contributed by atoms with Crippen molar-refractivity contribution in [2.45, 2.75) is 100 Å². The van der Waals surface area contributed by atoms with Gasteiger partial charge in [-0.15, -0.1) is 0 Å². The van der Waals surface area contributed by atoms with E-state index in [-0.39, 0.29) is 11.0 Å². The topological polar surface area (TPSA) is 52.0 Å². The third kappa shape index (κ3) is 4.03. The van der Waals surface area contributed by atoms with Crippen LogP contribution in [0, 0.1) is 5.92 Å². The fourth-order valence-corrected chi connectivity index (χ4v) is 6.98. The zero-order valence-corrected chi connectivity index (χ0v) is 19.3. The van der Waals surface area contributed by atoms with Crippen LogP contribution in [0.15, 0.2) is 36.7 Å². The molecule has 2 aromatic heterocycles. The summed E-state index contributed by atoms with van der Waals surface area (Å²) >= 11 is 0. The van der Waals surface area contributed by atoms with Gasteiger partial charge in [0.25, 0.3) is 0 Å². The van der Waals surface area contributed by atoms with E-state index in [0.717, 1.165) is 38.3 Å². The van der Waals surface area contributed by atoms with Crippen molar-refractivity contribution in [2.24, 2.45) is 5.92 Å². The lowest BCUT2D eigenvalue weighted by Gasteiger charge is -2.46. The number of pyridine rings is 1. The van der Waals surface area contributed by atoms with Gasteiger partial charge in [0.05, 0.1) is 17.3 Å². The van der Waals surface area contributed by atoms with E-state index in [1.165, 1.54) is 69.2 Å². The highest BCUT2D eigenvalue weighted by atomic mass is 16.5. The lowest BCUT2D eigenvalue weighted by Crippen LogP contribution is -2.47. The van der Waals surface area contributed by atoms with E-state index in [2.05, 4.69) is 28.2 Å². The molecule has 1 saturated heterocycles. The smallest absolute Gasteiger partial charge is 0.0691 e. The zero-order valence-electron chi connectivity index (χ0n) is 19.3. The number of rotatable bonds is 7. The highest BCUT2D eigenvalue weighted by Gasteiger charge is 2.48. The highest BCUT2D eigenvalue weighted by Crippen LogP contribution is 2.49. The maximum Gasteiger partial charge on any atom is 0.0691 e. The molecule has 4 heterocycles. The summed E-state index contributed by atoms with van der Waals surface area (Å²) in [6.07, 6.45) is 19.0. The van der Waals surface area contributed by atoms with E-state index in [1.807, 2.05) is 18.5 Å². The van der Waals surface area contributed by atoms with Gasteiger partial charge in [-0.1, -0.05) is 31.7 Å². The monoisotopic (exact) mass is 434 g/mol. The Bertz CT molecular complexity index is 901. The van der Waals surface area contributed by atoms with Crippen molar-refractivity contribution in [3.05, 3.63) is 48.0 Å². The summed E-state index contributed by atoms with van der Waals surface area (Å²) in [5, 5.41) is 8.67. The summed E-state index contributed by atoms with van der Waals surface area (Å²) in [7, 11) is 0. The molecule has 5 heteroatoms. The molecule has 2 saturated carbocycles. The van der Waals surface area contributed by atoms with Crippen molar-refractivity contribution in [1.82, 2.24) is 20.1 Å². The number of fused-ring (bicyclic) bond motifs is 1. The third-order valence-electron chi connectivity index (χ3n) is 8.86. The molecule has 5 nitrogen and oxygen atoms in total. The largest absolute Gasteiger partial charge is 0.375 e. The van der Waals surface area contributed by atoms with Gasteiger partial charge in [0.1, 0.15) is 0 Å². The molecule has 2 aromatic rings. The zero-order chi connectivity index (χ0) is 21.4. The molecule has 6 rings (SSSR count). The summed E-state index contributed by atoms with van der Waals surface area (Å²) < 4.78 is 8.77. The van der Waals surface area contributed by atoms with Gasteiger partial charge in [-0.05, 0) is 82.0 Å². The molecule has 1 spiro atoms. The molecule has 4 aliphatic rings. The molecule has 3 atom stereocenters. The third-order valence-corrected chi connectivity index (χ3v) is 8.86. The van der Waals surface area contributed by atoms with Crippen LogP contribution in [0.1, 0.15) is 101 Å². The Hall–Kier alpha value is -1.72. The van der Waals surface area contributed by atoms with E-state index < -0.39 is 0 Å². The second-order valence-corrected chi connectivity index (χ2v) is 11.0. The van der Waals surface area contributed by atoms with Crippen LogP contribution < -0.4 is 5.32 Å². The van der Waals surface area contributed by atoms with E-state index in [4.69, 9.17) is 14.8 Å². The van der Waals surface area contributed by atoms with Crippen molar-refractivity contribution in [3.63, 3.8) is 0 Å². The quantitative estimate of drug-likeness (QED) is 0.626. The molecule has 172 valence electrons. The predicted octanol–water partition coefficient (Wildman–Crippen LogP) is 5.50. The average molecular weight is 435 g/mol. The van der Waals surface area contributed by atoms with Crippen LogP contribution in [0.2, 0.25) is 0 Å². The van der Waals surface area contributed by atoms with Crippen LogP contribution in [0.4, 0.5) is 0 Å². The normalized spacial score (nSPS) is 31.6. The highest BCUT2D eigenvalue weighted by molar-refractivity contribution is 5.21. The molecule has 0 amide bonds. The summed E-state index contributed by atoms with van der Waals surface area (Å²) in [5.74, 6) is 0.955. The fourth-order valence-electron chi connectivity index (χ4n) is 6.98. The first-order valence-corrected chi connectivity index (χ1v) is 13.1. The molecule has 0 radical (unpaired) electrons. The van der Waals surface area contributed by atoms with Gasteiger partial charge in [-0.2, -0.15) is 5.10 Å². The van der Waals surface area contributed by atoms with Gasteiger partial charge in [0, 0.05) is 36.2 Å². The second-order valence-electron chi connectivity index (χ2n) is 11.0. The predicted molar refractivity (Wildman–Crippen MR) is 125 cm³/mol. The van der Waals surface area contributed by atoms with Crippen LogP contribution in [-0.4, -0.2) is 33.5 Å². The first kappa shape index (κ1) is 20.9. The maximum absolute atomic E-state index is 6.42. The molecule has 3 fully saturated rings. The van der Waals surface area contributed by atoms with Crippen molar-refractivity contribution >= 4 is 0 Å². The van der Waals surface area contributed by atoms with Gasteiger partial charge < -0.3 is 10.1 Å². The number of hydrogen-bond donors (Lipinski definition) is 1. The number of hydrogen-bond acceptors (Lipinski definition) is 4. The Morgan fingerprint density at radius 1 is 1.03 bits per heavy atom. The van der Waals surface area contributed by atoms with Gasteiger partial charge >= 0.3 is 0 Å². The van der Waals surface area contributed by atoms with Crippen LogP contribution in [0.5, 0.6) is 0 Å². The summed E-state index contributed by atoms with van der Waals surface area (Å²) in [6.45, 7) is 1.89. The molecule has 0 bridgehead atoms. The Balaban J connectivity index is 1.16. The SMILES string of the molecule is c1ccc([C@]2(CCNC3CCC(CC4CC4)n4nccc43)CCOC3(CCCC3)C2)nc1. The molecule has 2 aliphatic heterocycles. The Labute approximate surface area is 192 Å². The molecule has 2 unspecified atom stereocenters. The fraction of sp³-hybridized carbons (Fsp3) is 0.704. The molecule has 1 N–H and O–H groups in total. The van der Waals surface area contributed by atoms with Crippen molar-refractivity contribution in [2.75, 3.05) is 13.2 Å². The molecular formula is C27H38N4O.